The topological polar surface area (TPSA) is 55.0 Å². The first-order valence-electron chi connectivity index (χ1n) is 6.16. The maximum atomic E-state index is 5.73. The van der Waals surface area contributed by atoms with Crippen molar-refractivity contribution >= 4 is 5.82 Å². The second kappa shape index (κ2) is 4.01. The Morgan fingerprint density at radius 3 is 3.12 bits per heavy atom. The van der Waals surface area contributed by atoms with Gasteiger partial charge in [0.05, 0.1) is 0 Å². The number of fused-ring (bicyclic) bond motifs is 1. The van der Waals surface area contributed by atoms with Crippen LogP contribution < -0.4 is 10.6 Å². The minimum atomic E-state index is 0.645. The predicted octanol–water partition coefficient (Wildman–Crippen LogP) is 0.750. The highest BCUT2D eigenvalue weighted by atomic mass is 15.2. The Bertz CT molecular complexity index is 391. The van der Waals surface area contributed by atoms with Crippen molar-refractivity contribution in [3.63, 3.8) is 0 Å². The summed E-state index contributed by atoms with van der Waals surface area (Å²) in [6, 6.07) is 0. The summed E-state index contributed by atoms with van der Waals surface area (Å²) >= 11 is 0. The molecule has 1 unspecified atom stereocenters. The molecule has 2 N–H and O–H groups in total. The van der Waals surface area contributed by atoms with Crippen LogP contribution in [0, 0.1) is 5.92 Å². The van der Waals surface area contributed by atoms with E-state index in [2.05, 4.69) is 14.9 Å². The first-order chi connectivity index (χ1) is 7.88. The van der Waals surface area contributed by atoms with Gasteiger partial charge in [-0.2, -0.15) is 0 Å². The van der Waals surface area contributed by atoms with Crippen molar-refractivity contribution in [3.8, 4) is 0 Å². The zero-order valence-corrected chi connectivity index (χ0v) is 9.52. The van der Waals surface area contributed by atoms with Crippen molar-refractivity contribution in [1.82, 2.24) is 9.97 Å². The van der Waals surface area contributed by atoms with Crippen LogP contribution in [0.5, 0.6) is 0 Å². The molecule has 3 rings (SSSR count). The van der Waals surface area contributed by atoms with E-state index in [1.165, 1.54) is 29.9 Å². The van der Waals surface area contributed by atoms with E-state index < -0.39 is 0 Å². The summed E-state index contributed by atoms with van der Waals surface area (Å²) in [5.74, 6) is 1.82. The number of aromatic nitrogens is 2. The second-order valence-electron chi connectivity index (χ2n) is 4.81. The predicted molar refractivity (Wildman–Crippen MR) is 63.4 cm³/mol. The normalized spacial score (nSPS) is 23.8. The Morgan fingerprint density at radius 1 is 1.38 bits per heavy atom. The molecule has 2 aliphatic rings. The Hall–Kier alpha value is -1.16. The van der Waals surface area contributed by atoms with Crippen LogP contribution >= 0.6 is 0 Å². The van der Waals surface area contributed by atoms with Gasteiger partial charge in [0, 0.05) is 24.3 Å². The fourth-order valence-electron chi connectivity index (χ4n) is 2.83. The first-order valence-corrected chi connectivity index (χ1v) is 6.16. The maximum absolute atomic E-state index is 5.73. The molecule has 1 fully saturated rings. The van der Waals surface area contributed by atoms with E-state index in [9.17, 15) is 0 Å². The molecule has 0 bridgehead atoms. The van der Waals surface area contributed by atoms with Crippen LogP contribution in [0.15, 0.2) is 6.33 Å². The molecule has 4 nitrogen and oxygen atoms in total. The van der Waals surface area contributed by atoms with Crippen LogP contribution in [0.3, 0.4) is 0 Å². The number of aryl methyl sites for hydroxylation is 1. The van der Waals surface area contributed by atoms with Crippen molar-refractivity contribution in [2.45, 2.75) is 25.7 Å². The SMILES string of the molecule is NCC1CCN(c2ncnc3c2CCC3)C1. The van der Waals surface area contributed by atoms with Crippen molar-refractivity contribution in [2.75, 3.05) is 24.5 Å². The summed E-state index contributed by atoms with van der Waals surface area (Å²) in [4.78, 5) is 11.2. The standard InChI is InChI=1S/C12H18N4/c13-6-9-4-5-16(7-9)12-10-2-1-3-11(10)14-8-15-12/h8-9H,1-7,13H2. The van der Waals surface area contributed by atoms with Gasteiger partial charge in [0.15, 0.2) is 0 Å². The van der Waals surface area contributed by atoms with E-state index in [1.54, 1.807) is 6.33 Å². The zero-order chi connectivity index (χ0) is 11.0. The minimum absolute atomic E-state index is 0.645. The van der Waals surface area contributed by atoms with Gasteiger partial charge in [0.1, 0.15) is 12.1 Å². The Labute approximate surface area is 95.9 Å². The van der Waals surface area contributed by atoms with Crippen LogP contribution in [0.2, 0.25) is 0 Å². The number of nitrogens with zero attached hydrogens (tertiary/aromatic N) is 3. The first kappa shape index (κ1) is 10.0. The fourth-order valence-corrected chi connectivity index (χ4v) is 2.83. The Balaban J connectivity index is 1.87. The van der Waals surface area contributed by atoms with Gasteiger partial charge in [-0.15, -0.1) is 0 Å². The lowest BCUT2D eigenvalue weighted by molar-refractivity contribution is 0.602. The van der Waals surface area contributed by atoms with E-state index in [4.69, 9.17) is 5.73 Å². The van der Waals surface area contributed by atoms with Crippen LogP contribution in [0.4, 0.5) is 5.82 Å². The summed E-state index contributed by atoms with van der Waals surface area (Å²) in [6.07, 6.45) is 6.42. The molecular weight excluding hydrogens is 200 g/mol. The fraction of sp³-hybridized carbons (Fsp3) is 0.667. The van der Waals surface area contributed by atoms with Crippen molar-refractivity contribution in [2.24, 2.45) is 11.7 Å². The average Bonchev–Trinajstić information content (AvgIpc) is 2.97. The molecule has 0 amide bonds. The van der Waals surface area contributed by atoms with Crippen molar-refractivity contribution in [1.29, 1.82) is 0 Å². The number of hydrogen-bond donors (Lipinski definition) is 1. The van der Waals surface area contributed by atoms with Crippen molar-refractivity contribution in [3.05, 3.63) is 17.6 Å². The summed E-state index contributed by atoms with van der Waals surface area (Å²) < 4.78 is 0. The molecule has 1 saturated heterocycles. The van der Waals surface area contributed by atoms with E-state index in [0.717, 1.165) is 32.5 Å². The minimum Gasteiger partial charge on any atom is -0.356 e. The summed E-state index contributed by atoms with van der Waals surface area (Å²) in [7, 11) is 0. The molecule has 1 atom stereocenters. The van der Waals surface area contributed by atoms with Gasteiger partial charge in [-0.05, 0) is 38.1 Å². The van der Waals surface area contributed by atoms with Crippen LogP contribution in [-0.4, -0.2) is 29.6 Å². The molecule has 4 heteroatoms. The average molecular weight is 218 g/mol. The Morgan fingerprint density at radius 2 is 2.31 bits per heavy atom. The third-order valence-electron chi connectivity index (χ3n) is 3.77. The van der Waals surface area contributed by atoms with Gasteiger partial charge >= 0.3 is 0 Å². The quantitative estimate of drug-likeness (QED) is 0.796. The van der Waals surface area contributed by atoms with Gasteiger partial charge < -0.3 is 10.6 Å². The molecule has 0 saturated carbocycles. The molecular formula is C12H18N4. The van der Waals surface area contributed by atoms with Gasteiger partial charge in [-0.3, -0.25) is 0 Å². The third-order valence-corrected chi connectivity index (χ3v) is 3.77. The lowest BCUT2D eigenvalue weighted by atomic mass is 10.1. The van der Waals surface area contributed by atoms with Gasteiger partial charge in [0.25, 0.3) is 0 Å². The molecule has 1 aliphatic heterocycles. The molecule has 0 radical (unpaired) electrons. The zero-order valence-electron chi connectivity index (χ0n) is 9.52. The number of nitrogens with two attached hydrogens (primary N) is 1. The summed E-state index contributed by atoms with van der Waals surface area (Å²) in [5, 5.41) is 0. The maximum Gasteiger partial charge on any atom is 0.135 e. The molecule has 16 heavy (non-hydrogen) atoms. The lowest BCUT2D eigenvalue weighted by Gasteiger charge is -2.19. The second-order valence-corrected chi connectivity index (χ2v) is 4.81. The lowest BCUT2D eigenvalue weighted by Crippen LogP contribution is -2.24. The highest BCUT2D eigenvalue weighted by molar-refractivity contribution is 5.51. The summed E-state index contributed by atoms with van der Waals surface area (Å²) in [6.45, 7) is 2.97. The van der Waals surface area contributed by atoms with E-state index in [-0.39, 0.29) is 0 Å². The van der Waals surface area contributed by atoms with Gasteiger partial charge in [-0.1, -0.05) is 0 Å². The molecule has 0 aromatic carbocycles. The molecule has 1 aromatic rings. The molecule has 2 heterocycles. The third kappa shape index (κ3) is 1.57. The van der Waals surface area contributed by atoms with E-state index in [1.807, 2.05) is 0 Å². The number of rotatable bonds is 2. The highest BCUT2D eigenvalue weighted by Gasteiger charge is 2.26. The van der Waals surface area contributed by atoms with Crippen molar-refractivity contribution < 1.29 is 0 Å². The Kier molecular flexibility index (Phi) is 2.52. The van der Waals surface area contributed by atoms with E-state index in [0.29, 0.717) is 5.92 Å². The smallest absolute Gasteiger partial charge is 0.135 e. The number of anilines is 1. The molecule has 1 aromatic heterocycles. The van der Waals surface area contributed by atoms with Crippen LogP contribution in [0.1, 0.15) is 24.1 Å². The molecule has 0 spiro atoms. The van der Waals surface area contributed by atoms with Crippen LogP contribution in [0.25, 0.3) is 0 Å². The molecule has 1 aliphatic carbocycles. The van der Waals surface area contributed by atoms with E-state index >= 15 is 0 Å². The highest BCUT2D eigenvalue weighted by Crippen LogP contribution is 2.30. The molecule has 86 valence electrons. The summed E-state index contributed by atoms with van der Waals surface area (Å²) in [5.41, 5.74) is 8.38. The van der Waals surface area contributed by atoms with Crippen LogP contribution in [-0.2, 0) is 12.8 Å². The largest absolute Gasteiger partial charge is 0.356 e. The van der Waals surface area contributed by atoms with Gasteiger partial charge in [-0.25, -0.2) is 9.97 Å². The number of hydrogen-bond acceptors (Lipinski definition) is 4. The van der Waals surface area contributed by atoms with Gasteiger partial charge in [0.2, 0.25) is 0 Å². The monoisotopic (exact) mass is 218 g/mol.